The number of nitrogens with zero attached hydrogens (tertiary/aromatic N) is 4. The van der Waals surface area contributed by atoms with Gasteiger partial charge in [-0.2, -0.15) is 4.98 Å². The quantitative estimate of drug-likeness (QED) is 0.739. The van der Waals surface area contributed by atoms with Crippen molar-refractivity contribution in [3.63, 3.8) is 0 Å². The van der Waals surface area contributed by atoms with Crippen molar-refractivity contribution in [3.8, 4) is 11.4 Å². The van der Waals surface area contributed by atoms with E-state index in [9.17, 15) is 9.18 Å². The van der Waals surface area contributed by atoms with Crippen molar-refractivity contribution < 1.29 is 4.39 Å². The Labute approximate surface area is 137 Å². The highest BCUT2D eigenvalue weighted by atomic mass is 19.1. The Balaban J connectivity index is 1.66. The van der Waals surface area contributed by atoms with Crippen LogP contribution >= 0.6 is 0 Å². The third-order valence-corrected chi connectivity index (χ3v) is 4.33. The number of aromatic nitrogens is 4. The van der Waals surface area contributed by atoms with Gasteiger partial charge in [0.15, 0.2) is 5.65 Å². The van der Waals surface area contributed by atoms with Gasteiger partial charge in [-0.3, -0.25) is 4.98 Å². The number of rotatable bonds is 2. The number of halogens is 1. The highest BCUT2D eigenvalue weighted by molar-refractivity contribution is 5.75. The molecule has 0 bridgehead atoms. The smallest absolute Gasteiger partial charge is 0.346 e. The van der Waals surface area contributed by atoms with Gasteiger partial charge < -0.3 is 14.8 Å². The van der Waals surface area contributed by atoms with Crippen LogP contribution in [-0.2, 0) is 0 Å². The summed E-state index contributed by atoms with van der Waals surface area (Å²) in [5, 5.41) is 0. The SMILES string of the molecule is CN1CCN(c2ccc(-c3nc4[nH]c(=O)ncc4[nH]3)cc2F)CC1. The second kappa shape index (κ2) is 5.72. The maximum Gasteiger partial charge on any atom is 0.346 e. The number of anilines is 1. The molecule has 2 aromatic heterocycles. The van der Waals surface area contributed by atoms with Crippen molar-refractivity contribution in [2.24, 2.45) is 0 Å². The molecule has 4 rings (SSSR count). The number of benzene rings is 1. The van der Waals surface area contributed by atoms with Crippen molar-refractivity contribution in [2.45, 2.75) is 0 Å². The average Bonchev–Trinajstić information content (AvgIpc) is 2.99. The van der Waals surface area contributed by atoms with Gasteiger partial charge in [-0.25, -0.2) is 14.2 Å². The summed E-state index contributed by atoms with van der Waals surface area (Å²) in [7, 11) is 2.07. The van der Waals surface area contributed by atoms with Crippen LogP contribution in [0.25, 0.3) is 22.6 Å². The topological polar surface area (TPSA) is 80.9 Å². The summed E-state index contributed by atoms with van der Waals surface area (Å²) in [4.78, 5) is 29.1. The number of nitrogens with one attached hydrogen (secondary N) is 2. The van der Waals surface area contributed by atoms with Crippen LogP contribution in [0, 0.1) is 5.82 Å². The molecule has 1 aliphatic heterocycles. The second-order valence-electron chi connectivity index (χ2n) is 5.99. The lowest BCUT2D eigenvalue weighted by atomic mass is 10.1. The lowest BCUT2D eigenvalue weighted by Gasteiger charge is -2.34. The first-order valence-corrected chi connectivity index (χ1v) is 7.78. The lowest BCUT2D eigenvalue weighted by Crippen LogP contribution is -2.44. The van der Waals surface area contributed by atoms with Gasteiger partial charge in [-0.1, -0.05) is 0 Å². The molecule has 0 radical (unpaired) electrons. The Morgan fingerprint density at radius 1 is 1.17 bits per heavy atom. The summed E-state index contributed by atoms with van der Waals surface area (Å²) >= 11 is 0. The Bertz CT molecular complexity index is 941. The number of hydrogen-bond donors (Lipinski definition) is 2. The molecular formula is C16H17FN6O. The molecule has 1 saturated heterocycles. The minimum Gasteiger partial charge on any atom is -0.367 e. The summed E-state index contributed by atoms with van der Waals surface area (Å²) in [5.74, 6) is 0.224. The summed E-state index contributed by atoms with van der Waals surface area (Å²) in [6.07, 6.45) is 1.42. The van der Waals surface area contributed by atoms with Gasteiger partial charge in [0.2, 0.25) is 0 Å². The third kappa shape index (κ3) is 2.65. The van der Waals surface area contributed by atoms with Gasteiger partial charge in [-0.15, -0.1) is 0 Å². The van der Waals surface area contributed by atoms with E-state index in [1.54, 1.807) is 6.07 Å². The highest BCUT2D eigenvalue weighted by Crippen LogP contribution is 2.26. The fourth-order valence-electron chi connectivity index (χ4n) is 2.93. The van der Waals surface area contributed by atoms with Crippen LogP contribution in [-0.4, -0.2) is 58.1 Å². The Morgan fingerprint density at radius 3 is 2.71 bits per heavy atom. The summed E-state index contributed by atoms with van der Waals surface area (Å²) in [6, 6.07) is 5.08. The average molecular weight is 328 g/mol. The van der Waals surface area contributed by atoms with Crippen molar-refractivity contribution in [3.05, 3.63) is 40.7 Å². The minimum atomic E-state index is -0.461. The van der Waals surface area contributed by atoms with Gasteiger partial charge in [0, 0.05) is 31.7 Å². The molecule has 0 amide bonds. The van der Waals surface area contributed by atoms with E-state index < -0.39 is 5.69 Å². The molecule has 7 nitrogen and oxygen atoms in total. The van der Waals surface area contributed by atoms with Gasteiger partial charge in [0.1, 0.15) is 17.2 Å². The van der Waals surface area contributed by atoms with Crippen molar-refractivity contribution in [1.82, 2.24) is 24.8 Å². The molecule has 0 saturated carbocycles. The Hall–Kier alpha value is -2.74. The molecule has 8 heteroatoms. The first kappa shape index (κ1) is 14.8. The first-order valence-electron chi connectivity index (χ1n) is 7.78. The fourth-order valence-corrected chi connectivity index (χ4v) is 2.93. The van der Waals surface area contributed by atoms with Crippen molar-refractivity contribution >= 4 is 16.9 Å². The van der Waals surface area contributed by atoms with Crippen LogP contribution in [0.3, 0.4) is 0 Å². The van der Waals surface area contributed by atoms with Crippen molar-refractivity contribution in [2.75, 3.05) is 38.1 Å². The predicted octanol–water partition coefficient (Wildman–Crippen LogP) is 1.20. The number of imidazole rings is 1. The van der Waals surface area contributed by atoms with E-state index in [1.165, 1.54) is 12.3 Å². The minimum absolute atomic E-state index is 0.274. The first-order chi connectivity index (χ1) is 11.6. The maximum absolute atomic E-state index is 14.6. The summed E-state index contributed by atoms with van der Waals surface area (Å²) in [5.41, 5.74) is 1.79. The number of hydrogen-bond acceptors (Lipinski definition) is 5. The third-order valence-electron chi connectivity index (χ3n) is 4.33. The van der Waals surface area contributed by atoms with Crippen LogP contribution in [0.5, 0.6) is 0 Å². The maximum atomic E-state index is 14.6. The second-order valence-corrected chi connectivity index (χ2v) is 5.99. The molecule has 24 heavy (non-hydrogen) atoms. The van der Waals surface area contributed by atoms with Gasteiger partial charge in [-0.05, 0) is 25.2 Å². The Morgan fingerprint density at radius 2 is 1.96 bits per heavy atom. The molecule has 0 aliphatic carbocycles. The number of aromatic amines is 2. The molecule has 2 N–H and O–H groups in total. The molecular weight excluding hydrogens is 311 g/mol. The van der Waals surface area contributed by atoms with Crippen LogP contribution in [0.4, 0.5) is 10.1 Å². The van der Waals surface area contributed by atoms with E-state index in [4.69, 9.17) is 0 Å². The highest BCUT2D eigenvalue weighted by Gasteiger charge is 2.18. The van der Waals surface area contributed by atoms with Gasteiger partial charge >= 0.3 is 5.69 Å². The van der Waals surface area contributed by atoms with E-state index in [2.05, 4.69) is 36.8 Å². The van der Waals surface area contributed by atoms with E-state index in [-0.39, 0.29) is 5.82 Å². The molecule has 1 fully saturated rings. The molecule has 124 valence electrons. The normalized spacial score (nSPS) is 16.0. The molecule has 3 heterocycles. The standard InChI is InChI=1S/C16H17FN6O/c1-22-4-6-23(7-5-22)13-3-2-10(8-11(13)17)14-19-12-9-18-16(24)21-15(12)20-14/h2-3,8-9H,4-7H2,1H3,(H2,18,19,20,21,24). The molecule has 1 aromatic carbocycles. The van der Waals surface area contributed by atoms with E-state index in [1.807, 2.05) is 6.07 Å². The van der Waals surface area contributed by atoms with Gasteiger partial charge in [0.25, 0.3) is 0 Å². The number of H-pyrrole nitrogens is 2. The molecule has 3 aromatic rings. The van der Waals surface area contributed by atoms with Crippen molar-refractivity contribution in [1.29, 1.82) is 0 Å². The number of likely N-dealkylation sites (N-methyl/N-ethyl adjacent to an activating group) is 1. The van der Waals surface area contributed by atoms with E-state index in [0.29, 0.717) is 28.2 Å². The lowest BCUT2D eigenvalue weighted by molar-refractivity contribution is 0.311. The predicted molar refractivity (Wildman–Crippen MR) is 89.6 cm³/mol. The van der Waals surface area contributed by atoms with E-state index >= 15 is 0 Å². The van der Waals surface area contributed by atoms with Crippen LogP contribution in [0.1, 0.15) is 0 Å². The van der Waals surface area contributed by atoms with Crippen LogP contribution in [0.15, 0.2) is 29.2 Å². The Kier molecular flexibility index (Phi) is 3.53. The summed E-state index contributed by atoms with van der Waals surface area (Å²) < 4.78 is 14.6. The fraction of sp³-hybridized carbons (Fsp3) is 0.312. The molecule has 0 unspecified atom stereocenters. The van der Waals surface area contributed by atoms with Crippen LogP contribution in [0.2, 0.25) is 0 Å². The number of piperazine rings is 1. The zero-order valence-electron chi connectivity index (χ0n) is 13.2. The molecule has 0 atom stereocenters. The number of fused-ring (bicyclic) bond motifs is 1. The zero-order valence-corrected chi connectivity index (χ0v) is 13.2. The zero-order chi connectivity index (χ0) is 16.7. The van der Waals surface area contributed by atoms with Crippen LogP contribution < -0.4 is 10.6 Å². The molecule has 1 aliphatic rings. The monoisotopic (exact) mass is 328 g/mol. The van der Waals surface area contributed by atoms with E-state index in [0.717, 1.165) is 26.2 Å². The largest absolute Gasteiger partial charge is 0.367 e. The summed E-state index contributed by atoms with van der Waals surface area (Å²) in [6.45, 7) is 3.46. The van der Waals surface area contributed by atoms with Gasteiger partial charge in [0.05, 0.1) is 11.9 Å². The molecule has 0 spiro atoms.